The SMILES string of the molecule is COC(=O)c1nc2c(s1)N(C(=O)C1CCOC1)CCCC2. The number of thiazole rings is 1. The van der Waals surface area contributed by atoms with Crippen LogP contribution >= 0.6 is 11.3 Å². The molecule has 6 nitrogen and oxygen atoms in total. The molecular weight excluding hydrogens is 292 g/mol. The van der Waals surface area contributed by atoms with Gasteiger partial charge in [-0.2, -0.15) is 0 Å². The molecule has 1 unspecified atom stereocenters. The van der Waals surface area contributed by atoms with Gasteiger partial charge in [0.2, 0.25) is 10.9 Å². The van der Waals surface area contributed by atoms with Crippen LogP contribution in [0.5, 0.6) is 0 Å². The van der Waals surface area contributed by atoms with Crippen LogP contribution < -0.4 is 4.90 Å². The number of aryl methyl sites for hydroxylation is 1. The zero-order valence-corrected chi connectivity index (χ0v) is 12.8. The lowest BCUT2D eigenvalue weighted by molar-refractivity contribution is -0.122. The number of hydrogen-bond donors (Lipinski definition) is 0. The van der Waals surface area contributed by atoms with E-state index in [0.717, 1.165) is 36.4 Å². The Balaban J connectivity index is 1.90. The van der Waals surface area contributed by atoms with E-state index >= 15 is 0 Å². The summed E-state index contributed by atoms with van der Waals surface area (Å²) in [6.07, 6.45) is 3.50. The Morgan fingerprint density at radius 2 is 2.29 bits per heavy atom. The fourth-order valence-corrected chi connectivity index (χ4v) is 3.78. The lowest BCUT2D eigenvalue weighted by Gasteiger charge is -2.22. The number of fused-ring (bicyclic) bond motifs is 1. The molecule has 1 amide bonds. The molecule has 1 aromatic heterocycles. The van der Waals surface area contributed by atoms with Crippen molar-refractivity contribution in [2.45, 2.75) is 25.7 Å². The van der Waals surface area contributed by atoms with Crippen molar-refractivity contribution in [3.8, 4) is 0 Å². The first-order chi connectivity index (χ1) is 10.2. The topological polar surface area (TPSA) is 68.7 Å². The van der Waals surface area contributed by atoms with Gasteiger partial charge in [0.1, 0.15) is 5.00 Å². The molecule has 0 bridgehead atoms. The molecule has 7 heteroatoms. The van der Waals surface area contributed by atoms with E-state index in [0.29, 0.717) is 24.8 Å². The number of ether oxygens (including phenoxy) is 2. The maximum atomic E-state index is 12.7. The van der Waals surface area contributed by atoms with E-state index in [1.54, 1.807) is 4.90 Å². The molecule has 1 fully saturated rings. The highest BCUT2D eigenvalue weighted by molar-refractivity contribution is 7.17. The van der Waals surface area contributed by atoms with E-state index in [9.17, 15) is 9.59 Å². The molecule has 0 spiro atoms. The van der Waals surface area contributed by atoms with Gasteiger partial charge in [-0.15, -0.1) is 0 Å². The van der Waals surface area contributed by atoms with Gasteiger partial charge in [-0.25, -0.2) is 9.78 Å². The first-order valence-electron chi connectivity index (χ1n) is 7.18. The fraction of sp³-hybridized carbons (Fsp3) is 0.643. The lowest BCUT2D eigenvalue weighted by Crippen LogP contribution is -2.36. The van der Waals surface area contributed by atoms with Gasteiger partial charge in [0.15, 0.2) is 0 Å². The summed E-state index contributed by atoms with van der Waals surface area (Å²) in [5.74, 6) is -0.417. The van der Waals surface area contributed by atoms with Gasteiger partial charge in [0.25, 0.3) is 0 Å². The van der Waals surface area contributed by atoms with Crippen LogP contribution in [0.25, 0.3) is 0 Å². The second kappa shape index (κ2) is 6.11. The van der Waals surface area contributed by atoms with Gasteiger partial charge in [-0.1, -0.05) is 11.3 Å². The van der Waals surface area contributed by atoms with Crippen LogP contribution in [0.4, 0.5) is 5.00 Å². The Hall–Kier alpha value is -1.47. The molecule has 114 valence electrons. The van der Waals surface area contributed by atoms with E-state index in [4.69, 9.17) is 9.47 Å². The van der Waals surface area contributed by atoms with Crippen molar-refractivity contribution in [3.63, 3.8) is 0 Å². The summed E-state index contributed by atoms with van der Waals surface area (Å²) in [6.45, 7) is 1.83. The number of anilines is 1. The van der Waals surface area contributed by atoms with Gasteiger partial charge in [0, 0.05) is 13.2 Å². The Kier molecular flexibility index (Phi) is 4.21. The Morgan fingerprint density at radius 1 is 1.43 bits per heavy atom. The van der Waals surface area contributed by atoms with Crippen molar-refractivity contribution in [2.75, 3.05) is 31.8 Å². The van der Waals surface area contributed by atoms with Crippen molar-refractivity contribution in [1.29, 1.82) is 0 Å². The molecule has 0 saturated carbocycles. The van der Waals surface area contributed by atoms with Crippen LogP contribution in [0.3, 0.4) is 0 Å². The van der Waals surface area contributed by atoms with Crippen LogP contribution in [0.15, 0.2) is 0 Å². The third-order valence-electron chi connectivity index (χ3n) is 3.87. The number of carbonyl (C=O) groups excluding carboxylic acids is 2. The minimum absolute atomic E-state index is 0.0698. The second-order valence-electron chi connectivity index (χ2n) is 5.27. The smallest absolute Gasteiger partial charge is 0.367 e. The van der Waals surface area contributed by atoms with Gasteiger partial charge in [0.05, 0.1) is 25.3 Å². The minimum Gasteiger partial charge on any atom is -0.464 e. The maximum absolute atomic E-state index is 12.7. The Bertz CT molecular complexity index is 551. The van der Waals surface area contributed by atoms with Crippen molar-refractivity contribution >= 4 is 28.2 Å². The van der Waals surface area contributed by atoms with Crippen molar-refractivity contribution in [2.24, 2.45) is 5.92 Å². The van der Waals surface area contributed by atoms with Crippen LogP contribution in [-0.2, 0) is 20.7 Å². The number of hydrogen-bond acceptors (Lipinski definition) is 6. The average molecular weight is 310 g/mol. The Labute approximate surface area is 127 Å². The first-order valence-corrected chi connectivity index (χ1v) is 7.99. The molecule has 0 aliphatic carbocycles. The largest absolute Gasteiger partial charge is 0.464 e. The van der Waals surface area contributed by atoms with Crippen molar-refractivity contribution in [3.05, 3.63) is 10.7 Å². The molecular formula is C14H18N2O4S. The molecule has 0 aromatic carbocycles. The summed E-state index contributed by atoms with van der Waals surface area (Å²) in [5.41, 5.74) is 0.838. The number of aromatic nitrogens is 1. The van der Waals surface area contributed by atoms with Gasteiger partial charge in [-0.3, -0.25) is 4.79 Å². The predicted octanol–water partition coefficient (Wildman–Crippen LogP) is 1.64. The molecule has 3 heterocycles. The van der Waals surface area contributed by atoms with Crippen molar-refractivity contribution < 1.29 is 19.1 Å². The number of amides is 1. The molecule has 1 aromatic rings. The molecule has 2 aliphatic heterocycles. The lowest BCUT2D eigenvalue weighted by atomic mass is 10.1. The molecule has 2 aliphatic rings. The number of methoxy groups -OCH3 is 1. The average Bonchev–Trinajstić information content (AvgIpc) is 3.13. The van der Waals surface area contributed by atoms with E-state index in [1.165, 1.54) is 18.4 Å². The number of esters is 1. The summed E-state index contributed by atoms with van der Waals surface area (Å²) in [5, 5.41) is 1.13. The number of nitrogens with zero attached hydrogens (tertiary/aromatic N) is 2. The molecule has 3 rings (SSSR count). The summed E-state index contributed by atoms with van der Waals surface area (Å²) in [4.78, 5) is 30.5. The highest BCUT2D eigenvalue weighted by Gasteiger charge is 2.33. The first kappa shape index (κ1) is 14.5. The summed E-state index contributed by atoms with van der Waals surface area (Å²) < 4.78 is 10.0. The third kappa shape index (κ3) is 2.80. The van der Waals surface area contributed by atoms with Gasteiger partial charge < -0.3 is 14.4 Å². The van der Waals surface area contributed by atoms with E-state index < -0.39 is 5.97 Å². The van der Waals surface area contributed by atoms with Crippen molar-refractivity contribution in [1.82, 2.24) is 4.98 Å². The zero-order valence-electron chi connectivity index (χ0n) is 12.0. The summed E-state index contributed by atoms with van der Waals surface area (Å²) in [7, 11) is 1.34. The van der Waals surface area contributed by atoms with E-state index in [-0.39, 0.29) is 11.8 Å². The van der Waals surface area contributed by atoms with Gasteiger partial charge >= 0.3 is 5.97 Å². The zero-order chi connectivity index (χ0) is 14.8. The van der Waals surface area contributed by atoms with Crippen LogP contribution in [0.2, 0.25) is 0 Å². The van der Waals surface area contributed by atoms with Crippen LogP contribution in [0.1, 0.15) is 34.8 Å². The molecule has 21 heavy (non-hydrogen) atoms. The summed E-state index contributed by atoms with van der Waals surface area (Å²) in [6, 6.07) is 0. The molecule has 0 N–H and O–H groups in total. The maximum Gasteiger partial charge on any atom is 0.367 e. The second-order valence-corrected chi connectivity index (χ2v) is 6.25. The van der Waals surface area contributed by atoms with Crippen LogP contribution in [-0.4, -0.2) is 43.7 Å². The van der Waals surface area contributed by atoms with Gasteiger partial charge in [-0.05, 0) is 25.7 Å². The monoisotopic (exact) mass is 310 g/mol. The fourth-order valence-electron chi connectivity index (χ4n) is 2.72. The number of rotatable bonds is 2. The van der Waals surface area contributed by atoms with E-state index in [1.807, 2.05) is 0 Å². The molecule has 1 saturated heterocycles. The quantitative estimate of drug-likeness (QED) is 0.777. The number of carbonyl (C=O) groups is 2. The normalized spacial score (nSPS) is 21.8. The summed E-state index contributed by atoms with van der Waals surface area (Å²) >= 11 is 1.26. The standard InChI is InChI=1S/C14H18N2O4S/c1-19-14(18)11-15-10-4-2-3-6-16(13(10)21-11)12(17)9-5-7-20-8-9/h9H,2-8H2,1H3. The van der Waals surface area contributed by atoms with E-state index in [2.05, 4.69) is 4.98 Å². The highest BCUT2D eigenvalue weighted by atomic mass is 32.1. The van der Waals surface area contributed by atoms with Crippen LogP contribution in [0, 0.1) is 5.92 Å². The minimum atomic E-state index is -0.440. The third-order valence-corrected chi connectivity index (χ3v) is 4.97. The molecule has 1 atom stereocenters. The predicted molar refractivity (Wildman–Crippen MR) is 77.7 cm³/mol. The molecule has 0 radical (unpaired) electrons. The Morgan fingerprint density at radius 3 is 3.00 bits per heavy atom. The highest BCUT2D eigenvalue weighted by Crippen LogP contribution is 2.34.